The highest BCUT2D eigenvalue weighted by Crippen LogP contribution is 2.39. The molecule has 30 heavy (non-hydrogen) atoms. The van der Waals surface area contributed by atoms with Crippen molar-refractivity contribution in [3.63, 3.8) is 0 Å². The number of halogens is 1. The van der Waals surface area contributed by atoms with E-state index in [-0.39, 0.29) is 0 Å². The van der Waals surface area contributed by atoms with Gasteiger partial charge in [-0.25, -0.2) is 0 Å². The summed E-state index contributed by atoms with van der Waals surface area (Å²) in [6.45, 7) is 0. The van der Waals surface area contributed by atoms with Crippen LogP contribution in [0.3, 0.4) is 0 Å². The van der Waals surface area contributed by atoms with Crippen LogP contribution in [0, 0.1) is 0 Å². The fraction of sp³-hybridized carbons (Fsp3) is 0.167. The van der Waals surface area contributed by atoms with Crippen molar-refractivity contribution in [1.29, 1.82) is 0 Å². The zero-order valence-electron chi connectivity index (χ0n) is 17.2. The summed E-state index contributed by atoms with van der Waals surface area (Å²) >= 11 is 8.03. The number of hydrogen-bond donors (Lipinski definition) is 1. The second kappa shape index (κ2) is 9.96. The van der Waals surface area contributed by atoms with E-state index in [1.165, 1.54) is 0 Å². The van der Waals surface area contributed by atoms with Crippen LogP contribution in [-0.2, 0) is 0 Å². The third kappa shape index (κ3) is 4.77. The molecule has 0 N–H and O–H groups in total. The quantitative estimate of drug-likeness (QED) is 0.301. The molecule has 156 valence electrons. The van der Waals surface area contributed by atoms with Crippen LogP contribution >= 0.6 is 28.6 Å². The molecule has 0 bridgehead atoms. The minimum absolute atomic E-state index is 0.571. The van der Waals surface area contributed by atoms with Gasteiger partial charge in [-0.2, -0.15) is 0 Å². The van der Waals surface area contributed by atoms with Gasteiger partial charge in [0.25, 0.3) is 0 Å². The Morgan fingerprint density at radius 3 is 1.87 bits per heavy atom. The van der Waals surface area contributed by atoms with Crippen LogP contribution in [0.25, 0.3) is 23.3 Å². The van der Waals surface area contributed by atoms with Crippen molar-refractivity contribution in [3.05, 3.63) is 64.1 Å². The lowest BCUT2D eigenvalue weighted by molar-refractivity contribution is 0.324. The third-order valence-corrected chi connectivity index (χ3v) is 5.56. The molecule has 0 unspecified atom stereocenters. The van der Waals surface area contributed by atoms with E-state index in [0.717, 1.165) is 37.4 Å². The Hall–Kier alpha value is -2.57. The molecule has 0 amide bonds. The molecule has 0 aromatic heterocycles. The monoisotopic (exact) mass is 486 g/mol. The zero-order valence-corrected chi connectivity index (χ0v) is 19.7. The Kier molecular flexibility index (Phi) is 7.34. The van der Waals surface area contributed by atoms with Crippen LogP contribution in [0.2, 0.25) is 0 Å². The molecule has 0 heterocycles. The molecule has 0 saturated heterocycles. The molecular formula is C24H23BrO4S. The minimum Gasteiger partial charge on any atom is -0.496 e. The average molecular weight is 487 g/mol. The summed E-state index contributed by atoms with van der Waals surface area (Å²) in [5.41, 5.74) is 3.99. The molecule has 0 fully saturated rings. The molecular weight excluding hydrogens is 464 g/mol. The molecule has 3 rings (SSSR count). The van der Waals surface area contributed by atoms with Crippen LogP contribution < -0.4 is 18.9 Å². The highest BCUT2D eigenvalue weighted by atomic mass is 79.9. The Morgan fingerprint density at radius 1 is 0.667 bits per heavy atom. The first-order valence-electron chi connectivity index (χ1n) is 9.15. The number of ether oxygens (including phenoxy) is 4. The second-order valence-electron chi connectivity index (χ2n) is 6.42. The van der Waals surface area contributed by atoms with E-state index < -0.39 is 0 Å². The van der Waals surface area contributed by atoms with Crippen molar-refractivity contribution < 1.29 is 18.9 Å². The molecule has 3 aromatic rings. The standard InChI is InChI=1S/C24H23BrO4S/c1-26-21-10-7-15(11-19(21)18-9-8-17(30)14-20(18)25)5-6-16-12-22(27-2)24(29-4)23(13-16)28-3/h5-14,30H,1-4H3/b6-5-. The predicted molar refractivity (Wildman–Crippen MR) is 128 cm³/mol. The van der Waals surface area contributed by atoms with Crippen LogP contribution in [0.1, 0.15) is 11.1 Å². The lowest BCUT2D eigenvalue weighted by Crippen LogP contribution is -1.95. The van der Waals surface area contributed by atoms with Gasteiger partial charge in [0.05, 0.1) is 28.4 Å². The molecule has 6 heteroatoms. The Labute approximate surface area is 191 Å². The Balaban J connectivity index is 2.01. The fourth-order valence-electron chi connectivity index (χ4n) is 3.15. The highest BCUT2D eigenvalue weighted by molar-refractivity contribution is 9.10. The Morgan fingerprint density at radius 2 is 1.30 bits per heavy atom. The number of thiol groups is 1. The van der Waals surface area contributed by atoms with E-state index >= 15 is 0 Å². The fourth-order valence-corrected chi connectivity index (χ4v) is 4.13. The summed E-state index contributed by atoms with van der Waals surface area (Å²) in [5.74, 6) is 2.60. The van der Waals surface area contributed by atoms with E-state index in [1.54, 1.807) is 28.4 Å². The van der Waals surface area contributed by atoms with Crippen molar-refractivity contribution in [1.82, 2.24) is 0 Å². The van der Waals surface area contributed by atoms with E-state index in [9.17, 15) is 0 Å². The van der Waals surface area contributed by atoms with E-state index in [0.29, 0.717) is 17.2 Å². The first kappa shape index (κ1) is 22.1. The molecule has 0 radical (unpaired) electrons. The summed E-state index contributed by atoms with van der Waals surface area (Å²) in [4.78, 5) is 0.892. The van der Waals surface area contributed by atoms with Gasteiger partial charge in [-0.1, -0.05) is 40.2 Å². The van der Waals surface area contributed by atoms with Gasteiger partial charge in [0.1, 0.15) is 5.75 Å². The van der Waals surface area contributed by atoms with Gasteiger partial charge in [-0.05, 0) is 53.1 Å². The van der Waals surface area contributed by atoms with Crippen molar-refractivity contribution in [3.8, 4) is 34.1 Å². The maximum absolute atomic E-state index is 5.58. The first-order valence-corrected chi connectivity index (χ1v) is 10.4. The van der Waals surface area contributed by atoms with Crippen molar-refractivity contribution in [2.75, 3.05) is 28.4 Å². The van der Waals surface area contributed by atoms with Crippen molar-refractivity contribution in [2.45, 2.75) is 4.90 Å². The predicted octanol–water partition coefficient (Wildman–Crippen LogP) is 6.61. The van der Waals surface area contributed by atoms with Crippen LogP contribution in [0.5, 0.6) is 23.0 Å². The molecule has 4 nitrogen and oxygen atoms in total. The topological polar surface area (TPSA) is 36.9 Å². The SMILES string of the molecule is COc1ccc(/C=C\c2cc(OC)c(OC)c(OC)c2)cc1-c1ccc(S)cc1Br. The van der Waals surface area contributed by atoms with Crippen LogP contribution in [-0.4, -0.2) is 28.4 Å². The zero-order chi connectivity index (χ0) is 21.7. The van der Waals surface area contributed by atoms with Gasteiger partial charge in [-0.15, -0.1) is 12.6 Å². The lowest BCUT2D eigenvalue weighted by Gasteiger charge is -2.13. The average Bonchev–Trinajstić information content (AvgIpc) is 2.76. The molecule has 0 atom stereocenters. The number of hydrogen-bond acceptors (Lipinski definition) is 5. The number of methoxy groups -OCH3 is 4. The molecule has 0 aliphatic heterocycles. The van der Waals surface area contributed by atoms with Gasteiger partial charge in [-0.3, -0.25) is 0 Å². The summed E-state index contributed by atoms with van der Waals surface area (Å²) < 4.78 is 22.8. The molecule has 0 aliphatic carbocycles. The second-order valence-corrected chi connectivity index (χ2v) is 7.79. The Bertz CT molecular complexity index is 1050. The largest absolute Gasteiger partial charge is 0.496 e. The summed E-state index contributed by atoms with van der Waals surface area (Å²) in [6, 6.07) is 15.8. The van der Waals surface area contributed by atoms with E-state index in [1.807, 2.05) is 54.6 Å². The maximum Gasteiger partial charge on any atom is 0.203 e. The lowest BCUT2D eigenvalue weighted by atomic mass is 10.0. The van der Waals surface area contributed by atoms with Crippen molar-refractivity contribution >= 4 is 40.7 Å². The number of rotatable bonds is 7. The van der Waals surface area contributed by atoms with Crippen LogP contribution in [0.4, 0.5) is 0 Å². The number of benzene rings is 3. The van der Waals surface area contributed by atoms with Gasteiger partial charge in [0, 0.05) is 14.9 Å². The van der Waals surface area contributed by atoms with Crippen LogP contribution in [0.15, 0.2) is 57.9 Å². The molecule has 0 aliphatic rings. The first-order chi connectivity index (χ1) is 14.5. The van der Waals surface area contributed by atoms with Gasteiger partial charge < -0.3 is 18.9 Å². The summed E-state index contributed by atoms with van der Waals surface area (Å²) in [5, 5.41) is 0. The summed E-state index contributed by atoms with van der Waals surface area (Å²) in [7, 11) is 6.47. The smallest absolute Gasteiger partial charge is 0.203 e. The van der Waals surface area contributed by atoms with Gasteiger partial charge >= 0.3 is 0 Å². The maximum atomic E-state index is 5.58. The normalized spacial score (nSPS) is 10.9. The molecule has 3 aromatic carbocycles. The van der Waals surface area contributed by atoms with Gasteiger partial charge in [0.2, 0.25) is 5.75 Å². The van der Waals surface area contributed by atoms with E-state index in [2.05, 4.69) is 34.6 Å². The molecule has 0 saturated carbocycles. The summed E-state index contributed by atoms with van der Waals surface area (Å²) in [6.07, 6.45) is 4.03. The van der Waals surface area contributed by atoms with Gasteiger partial charge in [0.15, 0.2) is 11.5 Å². The third-order valence-electron chi connectivity index (χ3n) is 4.62. The molecule has 0 spiro atoms. The van der Waals surface area contributed by atoms with Crippen molar-refractivity contribution in [2.24, 2.45) is 0 Å². The van der Waals surface area contributed by atoms with E-state index in [4.69, 9.17) is 18.9 Å². The minimum atomic E-state index is 0.571. The highest BCUT2D eigenvalue weighted by Gasteiger charge is 2.13.